The van der Waals surface area contributed by atoms with E-state index in [4.69, 9.17) is 9.72 Å². The van der Waals surface area contributed by atoms with Crippen LogP contribution in [0.1, 0.15) is 5.56 Å². The van der Waals surface area contributed by atoms with Gasteiger partial charge in [0.05, 0.1) is 35.8 Å². The summed E-state index contributed by atoms with van der Waals surface area (Å²) in [6, 6.07) is 19.2. The molecule has 25 heavy (non-hydrogen) atoms. The molecule has 0 spiro atoms. The number of aromatic nitrogens is 2. The molecule has 0 aliphatic rings. The van der Waals surface area contributed by atoms with Crippen molar-refractivity contribution in [1.82, 2.24) is 9.38 Å². The molecular weight excluding hydrogens is 316 g/mol. The van der Waals surface area contributed by atoms with Gasteiger partial charge in [-0.15, -0.1) is 0 Å². The maximum Gasteiger partial charge on any atom is 0.310 e. The number of methoxy groups -OCH3 is 1. The second kappa shape index (κ2) is 5.94. The minimum absolute atomic E-state index is 0.00652. The van der Waals surface area contributed by atoms with Crippen LogP contribution in [0.4, 0.5) is 0 Å². The van der Waals surface area contributed by atoms with Crippen LogP contribution in [0.5, 0.6) is 5.88 Å². The topological polar surface area (TPSA) is 63.8 Å². The number of ether oxygens (including phenoxy) is 1. The van der Waals surface area contributed by atoms with Gasteiger partial charge in [0.1, 0.15) is 0 Å². The lowest BCUT2D eigenvalue weighted by Crippen LogP contribution is -2.03. The summed E-state index contributed by atoms with van der Waals surface area (Å²) >= 11 is 0. The Labute approximate surface area is 144 Å². The van der Waals surface area contributed by atoms with Crippen molar-refractivity contribution in [2.24, 2.45) is 0 Å². The highest BCUT2D eigenvalue weighted by Gasteiger charge is 2.19. The van der Waals surface area contributed by atoms with Crippen LogP contribution in [0.2, 0.25) is 0 Å². The minimum atomic E-state index is -0.398. The van der Waals surface area contributed by atoms with E-state index in [-0.39, 0.29) is 12.3 Å². The van der Waals surface area contributed by atoms with Gasteiger partial charge in [0.2, 0.25) is 0 Å². The molecule has 0 radical (unpaired) electrons. The van der Waals surface area contributed by atoms with E-state index in [1.54, 1.807) is 10.5 Å². The third-order valence-corrected chi connectivity index (χ3v) is 4.26. The van der Waals surface area contributed by atoms with Gasteiger partial charge in [-0.3, -0.25) is 9.20 Å². The Morgan fingerprint density at radius 2 is 1.80 bits per heavy atom. The maximum atomic E-state index is 11.7. The molecule has 5 heteroatoms. The minimum Gasteiger partial charge on any atom is -0.494 e. The fourth-order valence-corrected chi connectivity index (χ4v) is 3.06. The van der Waals surface area contributed by atoms with Gasteiger partial charge in [-0.25, -0.2) is 4.98 Å². The average Bonchev–Trinajstić information content (AvgIpc) is 2.98. The smallest absolute Gasteiger partial charge is 0.310 e. The van der Waals surface area contributed by atoms with Crippen LogP contribution >= 0.6 is 0 Å². The molecule has 0 amide bonds. The Hall–Kier alpha value is -3.34. The summed E-state index contributed by atoms with van der Waals surface area (Å²) < 4.78 is 6.47. The van der Waals surface area contributed by atoms with Crippen molar-refractivity contribution < 1.29 is 14.6 Å². The highest BCUT2D eigenvalue weighted by Crippen LogP contribution is 2.33. The molecule has 5 nitrogen and oxygen atoms in total. The van der Waals surface area contributed by atoms with Crippen molar-refractivity contribution >= 4 is 22.5 Å². The van der Waals surface area contributed by atoms with E-state index in [1.807, 2.05) is 54.6 Å². The normalized spacial score (nSPS) is 11.1. The molecule has 0 aliphatic heterocycles. The predicted molar refractivity (Wildman–Crippen MR) is 95.5 cm³/mol. The lowest BCUT2D eigenvalue weighted by Gasteiger charge is -2.09. The molecule has 0 atom stereocenters. The van der Waals surface area contributed by atoms with E-state index in [2.05, 4.69) is 0 Å². The van der Waals surface area contributed by atoms with Crippen molar-refractivity contribution in [2.45, 2.75) is 6.42 Å². The zero-order chi connectivity index (χ0) is 17.4. The van der Waals surface area contributed by atoms with Gasteiger partial charge in [0.15, 0.2) is 5.88 Å². The van der Waals surface area contributed by atoms with E-state index in [1.165, 1.54) is 7.11 Å². The van der Waals surface area contributed by atoms with E-state index < -0.39 is 5.97 Å². The molecule has 2 heterocycles. The number of aromatic hydroxyl groups is 1. The summed E-state index contributed by atoms with van der Waals surface area (Å²) in [7, 11) is 1.33. The predicted octanol–water partition coefficient (Wildman–Crippen LogP) is 3.58. The van der Waals surface area contributed by atoms with Gasteiger partial charge in [-0.2, -0.15) is 0 Å². The molecule has 2 aromatic heterocycles. The first kappa shape index (κ1) is 15.2. The van der Waals surface area contributed by atoms with Gasteiger partial charge < -0.3 is 9.84 Å². The third-order valence-electron chi connectivity index (χ3n) is 4.26. The monoisotopic (exact) mass is 332 g/mol. The van der Waals surface area contributed by atoms with Crippen LogP contribution in [0.3, 0.4) is 0 Å². The van der Waals surface area contributed by atoms with Crippen molar-refractivity contribution in [3.05, 3.63) is 66.2 Å². The standard InChI is InChI=1S/C20H16N2O3/c1-25-18(23)12-14-11-17-19(13-7-3-2-4-8-13)21-15-9-5-6-10-16(15)22(17)20(14)24/h2-11,24H,12H2,1H3. The molecule has 124 valence electrons. The fraction of sp³-hybridized carbons (Fsp3) is 0.100. The van der Waals surface area contributed by atoms with Gasteiger partial charge in [0.25, 0.3) is 0 Å². The van der Waals surface area contributed by atoms with E-state index in [0.717, 1.165) is 27.8 Å². The number of hydrogen-bond donors (Lipinski definition) is 1. The summed E-state index contributed by atoms with van der Waals surface area (Å²) in [5.41, 5.74) is 4.52. The SMILES string of the molecule is COC(=O)Cc1cc2c(-c3ccccc3)nc3ccccc3n2c1O. The summed E-state index contributed by atoms with van der Waals surface area (Å²) in [5, 5.41) is 10.7. The number of rotatable bonds is 3. The van der Waals surface area contributed by atoms with Crippen molar-refractivity contribution in [3.8, 4) is 17.1 Å². The van der Waals surface area contributed by atoms with Gasteiger partial charge in [0, 0.05) is 11.1 Å². The van der Waals surface area contributed by atoms with Gasteiger partial charge in [-0.05, 0) is 18.2 Å². The Balaban J connectivity index is 2.07. The van der Waals surface area contributed by atoms with Crippen LogP contribution in [0.15, 0.2) is 60.7 Å². The lowest BCUT2D eigenvalue weighted by atomic mass is 10.1. The zero-order valence-electron chi connectivity index (χ0n) is 13.6. The Morgan fingerprint density at radius 1 is 1.08 bits per heavy atom. The summed E-state index contributed by atoms with van der Waals surface area (Å²) in [4.78, 5) is 16.4. The lowest BCUT2D eigenvalue weighted by molar-refractivity contribution is -0.139. The molecule has 0 saturated heterocycles. The number of hydrogen-bond acceptors (Lipinski definition) is 4. The summed E-state index contributed by atoms with van der Waals surface area (Å²) in [6.07, 6.45) is 0.00652. The van der Waals surface area contributed by atoms with Gasteiger partial charge >= 0.3 is 5.97 Å². The molecule has 4 rings (SSSR count). The number of fused-ring (bicyclic) bond motifs is 3. The molecule has 0 saturated carbocycles. The van der Waals surface area contributed by atoms with E-state index in [9.17, 15) is 9.90 Å². The highest BCUT2D eigenvalue weighted by atomic mass is 16.5. The third kappa shape index (κ3) is 2.50. The fourth-order valence-electron chi connectivity index (χ4n) is 3.06. The van der Waals surface area contributed by atoms with Crippen LogP contribution in [0.25, 0.3) is 27.8 Å². The molecule has 2 aromatic carbocycles. The molecular formula is C20H16N2O3. The number of nitrogens with zero attached hydrogens (tertiary/aromatic N) is 2. The summed E-state index contributed by atoms with van der Waals surface area (Å²) in [6.45, 7) is 0. The zero-order valence-corrected chi connectivity index (χ0v) is 13.6. The largest absolute Gasteiger partial charge is 0.494 e. The molecule has 0 unspecified atom stereocenters. The second-order valence-corrected chi connectivity index (χ2v) is 5.78. The molecule has 4 aromatic rings. The Morgan fingerprint density at radius 3 is 2.56 bits per heavy atom. The second-order valence-electron chi connectivity index (χ2n) is 5.78. The van der Waals surface area contributed by atoms with Crippen LogP contribution in [-0.2, 0) is 16.0 Å². The van der Waals surface area contributed by atoms with Crippen LogP contribution < -0.4 is 0 Å². The summed E-state index contributed by atoms with van der Waals surface area (Å²) in [5.74, 6) is -0.360. The molecule has 1 N–H and O–H groups in total. The Bertz CT molecular complexity index is 1080. The number of para-hydroxylation sites is 2. The number of esters is 1. The van der Waals surface area contributed by atoms with Crippen LogP contribution in [-0.4, -0.2) is 27.6 Å². The highest BCUT2D eigenvalue weighted by molar-refractivity contribution is 5.90. The van der Waals surface area contributed by atoms with Crippen molar-refractivity contribution in [2.75, 3.05) is 7.11 Å². The quantitative estimate of drug-likeness (QED) is 0.583. The maximum absolute atomic E-state index is 11.7. The first-order valence-corrected chi connectivity index (χ1v) is 7.93. The molecule has 0 aliphatic carbocycles. The first-order valence-electron chi connectivity index (χ1n) is 7.93. The van der Waals surface area contributed by atoms with Crippen molar-refractivity contribution in [3.63, 3.8) is 0 Å². The molecule has 0 fully saturated rings. The average molecular weight is 332 g/mol. The molecule has 0 bridgehead atoms. The van der Waals surface area contributed by atoms with E-state index >= 15 is 0 Å². The van der Waals surface area contributed by atoms with Gasteiger partial charge in [-0.1, -0.05) is 42.5 Å². The number of carbonyl (C=O) groups is 1. The van der Waals surface area contributed by atoms with E-state index in [0.29, 0.717) is 5.56 Å². The first-order chi connectivity index (χ1) is 12.2. The number of benzene rings is 2. The van der Waals surface area contributed by atoms with Crippen LogP contribution in [0, 0.1) is 0 Å². The Kier molecular flexibility index (Phi) is 3.61. The number of carbonyl (C=O) groups excluding carboxylic acids is 1. The van der Waals surface area contributed by atoms with Crippen molar-refractivity contribution in [1.29, 1.82) is 0 Å².